The van der Waals surface area contributed by atoms with Gasteiger partial charge in [0.25, 0.3) is 0 Å². The van der Waals surface area contributed by atoms with Crippen LogP contribution < -0.4 is 0 Å². The molecule has 7 aliphatic rings. The Kier molecular flexibility index (Phi) is 19.5. The van der Waals surface area contributed by atoms with Crippen LogP contribution in [-0.2, 0) is 52.2 Å². The molecule has 70 heavy (non-hydrogen) atoms. The van der Waals surface area contributed by atoms with E-state index < -0.39 is 120 Å². The molecule has 21 atom stereocenters. The van der Waals surface area contributed by atoms with Crippen molar-refractivity contribution in [1.29, 1.82) is 0 Å². The van der Waals surface area contributed by atoms with Crippen molar-refractivity contribution in [3.63, 3.8) is 0 Å². The van der Waals surface area contributed by atoms with Gasteiger partial charge in [-0.1, -0.05) is 51.2 Å². The van der Waals surface area contributed by atoms with E-state index in [1.807, 2.05) is 38.2 Å². The summed E-state index contributed by atoms with van der Waals surface area (Å²) in [6, 6.07) is 0. The van der Waals surface area contributed by atoms with Crippen molar-refractivity contribution in [2.75, 3.05) is 14.2 Å². The molecule has 18 heteroatoms. The standard InChI is InChI=1S/C52H81ClO17/c1-30-18-21-50-23-20-40(62-4)48(69-50)47(59)46(58)31(2)16-17-39-45(53)43(63-5)28-51(66-39)22-19-32(3)52(70-51)29-42(38(68-52)15-10-8-6-7-9-14-37(56)49(60)61)65-44(57)27-36-13-11-12-35(64-36)25-33(54)24-34(55)26-41(30)67-50/h7-10,18,21,30-43,45-48,54-56,58-59H,6,11-17,19-20,22-29H2,1-5H3,(H,60,61)/b9-7-,10-8+/t30-,31-,32-,33-,34-,35-,36+,37-,38-,39+,40-,41+,42-,43+,45+,46-,47-,48-,50-,51+,52+/m0/s1. The van der Waals surface area contributed by atoms with Crippen LogP contribution in [-0.4, -0.2) is 165 Å². The summed E-state index contributed by atoms with van der Waals surface area (Å²) >= 11 is 7.14. The fraction of sp³-hybridized carbons (Fsp3) is 0.846. The van der Waals surface area contributed by atoms with Crippen LogP contribution >= 0.6 is 11.6 Å². The van der Waals surface area contributed by atoms with Crippen molar-refractivity contribution >= 4 is 23.5 Å². The number of rotatable bonds is 9. The Morgan fingerprint density at radius 2 is 1.56 bits per heavy atom. The highest BCUT2D eigenvalue weighted by atomic mass is 35.5. The third-order valence-electron chi connectivity index (χ3n) is 16.1. The molecule has 6 fully saturated rings. The number of aliphatic hydroxyl groups excluding tert-OH is 5. The smallest absolute Gasteiger partial charge is 0.332 e. The first-order valence-corrected chi connectivity index (χ1v) is 26.4. The molecule has 7 rings (SSSR count). The van der Waals surface area contributed by atoms with Crippen molar-refractivity contribution in [1.82, 2.24) is 0 Å². The first-order chi connectivity index (χ1) is 33.4. The van der Waals surface area contributed by atoms with E-state index in [9.17, 15) is 35.1 Å². The molecule has 9 bridgehead atoms. The summed E-state index contributed by atoms with van der Waals surface area (Å²) in [5.41, 5.74) is 0. The van der Waals surface area contributed by atoms with Crippen LogP contribution in [0.2, 0.25) is 0 Å². The van der Waals surface area contributed by atoms with Crippen molar-refractivity contribution in [2.24, 2.45) is 17.8 Å². The van der Waals surface area contributed by atoms with Gasteiger partial charge in [-0.25, -0.2) is 4.79 Å². The Bertz CT molecular complexity index is 1800. The largest absolute Gasteiger partial charge is 0.479 e. The minimum atomic E-state index is -1.47. The molecule has 0 aromatic carbocycles. The van der Waals surface area contributed by atoms with Crippen LogP contribution in [0.5, 0.6) is 0 Å². The fourth-order valence-corrected chi connectivity index (χ4v) is 12.1. The molecule has 0 aliphatic carbocycles. The molecule has 17 nitrogen and oxygen atoms in total. The summed E-state index contributed by atoms with van der Waals surface area (Å²) in [4.78, 5) is 24.9. The van der Waals surface area contributed by atoms with E-state index in [2.05, 4.69) is 6.92 Å². The number of aliphatic carboxylic acids is 1. The van der Waals surface area contributed by atoms with Crippen LogP contribution in [0.1, 0.15) is 136 Å². The second-order valence-electron chi connectivity index (χ2n) is 21.4. The lowest BCUT2D eigenvalue weighted by Crippen LogP contribution is -2.61. The molecule has 0 radical (unpaired) electrons. The maximum absolute atomic E-state index is 13.9. The predicted octanol–water partition coefficient (Wildman–Crippen LogP) is 5.52. The van der Waals surface area contributed by atoms with E-state index >= 15 is 0 Å². The van der Waals surface area contributed by atoms with E-state index in [0.29, 0.717) is 70.6 Å². The summed E-state index contributed by atoms with van der Waals surface area (Å²) < 4.78 is 58.8. The number of hydrogen-bond acceptors (Lipinski definition) is 16. The second kappa shape index (κ2) is 24.5. The molecule has 3 spiro atoms. The molecule has 6 N–H and O–H groups in total. The summed E-state index contributed by atoms with van der Waals surface area (Å²) in [6.45, 7) is 5.92. The SMILES string of the molecule is CO[C@H]1CC[C@]23C=C[C@H](C)[C@@H](C[C@@H](O)C[C@H](O)C[C@@H]4CCC[C@H](CC(=O)O[C@H]5C[C@@]6(O[C@H]5C/C=C/C/C=C\C[C@H](O)C(=O)O)O[C@]5(CC[C@@H]6C)C[C@@H](OC)[C@H](Cl)[C@@H](CC[C@H](C)[C@H](O)[C@H](O)[C@H]1O2)O5)O4)O3. The number of aliphatic hydroxyl groups is 5. The molecule has 0 saturated carbocycles. The highest BCUT2D eigenvalue weighted by Gasteiger charge is 2.61. The molecule has 0 unspecified atom stereocenters. The van der Waals surface area contributed by atoms with Gasteiger partial charge in [0.2, 0.25) is 0 Å². The maximum Gasteiger partial charge on any atom is 0.332 e. The number of carboxylic acid groups (broad SMARTS) is 1. The van der Waals surface area contributed by atoms with E-state index in [1.165, 1.54) is 0 Å². The second-order valence-corrected chi connectivity index (χ2v) is 21.9. The lowest BCUT2D eigenvalue weighted by atomic mass is 9.82. The average molecular weight is 1010 g/mol. The number of carbonyl (C=O) groups excluding carboxylic acids is 1. The average Bonchev–Trinajstić information content (AvgIpc) is 3.66. The predicted molar refractivity (Wildman–Crippen MR) is 254 cm³/mol. The highest BCUT2D eigenvalue weighted by Crippen LogP contribution is 2.53. The van der Waals surface area contributed by atoms with E-state index in [-0.39, 0.29) is 56.5 Å². The van der Waals surface area contributed by atoms with Crippen LogP contribution in [0.15, 0.2) is 36.5 Å². The van der Waals surface area contributed by atoms with Crippen LogP contribution in [0.4, 0.5) is 0 Å². The lowest BCUT2D eigenvalue weighted by Gasteiger charge is -2.54. The molecule has 7 heterocycles. The molecule has 0 aromatic rings. The van der Waals surface area contributed by atoms with Crippen molar-refractivity contribution < 1.29 is 82.9 Å². The molecular weight excluding hydrogens is 932 g/mol. The summed E-state index contributed by atoms with van der Waals surface area (Å²) in [5, 5.41) is 64.3. The number of methoxy groups -OCH3 is 2. The van der Waals surface area contributed by atoms with Gasteiger partial charge in [0.15, 0.2) is 23.5 Å². The third kappa shape index (κ3) is 13.6. The summed E-state index contributed by atoms with van der Waals surface area (Å²) in [5.74, 6) is -5.95. The lowest BCUT2D eigenvalue weighted by molar-refractivity contribution is -0.413. The van der Waals surface area contributed by atoms with Gasteiger partial charge < -0.3 is 73.3 Å². The number of alkyl halides is 1. The van der Waals surface area contributed by atoms with Gasteiger partial charge in [-0.2, -0.15) is 0 Å². The maximum atomic E-state index is 13.9. The monoisotopic (exact) mass is 1010 g/mol. The van der Waals surface area contributed by atoms with Crippen LogP contribution in [0.3, 0.4) is 0 Å². The zero-order chi connectivity index (χ0) is 50.4. The van der Waals surface area contributed by atoms with Gasteiger partial charge in [0, 0.05) is 64.6 Å². The summed E-state index contributed by atoms with van der Waals surface area (Å²) in [6.07, 6.45) is 7.36. The number of carbonyl (C=O) groups is 2. The normalized spacial score (nSPS) is 46.2. The highest BCUT2D eigenvalue weighted by molar-refractivity contribution is 6.21. The number of halogens is 1. The topological polar surface area (TPSA) is 239 Å². The molecule has 0 aromatic heterocycles. The van der Waals surface area contributed by atoms with E-state index in [4.69, 9.17) is 59.3 Å². The number of fused-ring (bicyclic) bond motifs is 6. The number of hydrogen-bond donors (Lipinski definition) is 6. The van der Waals surface area contributed by atoms with Crippen molar-refractivity contribution in [3.8, 4) is 0 Å². The zero-order valence-corrected chi connectivity index (χ0v) is 42.4. The van der Waals surface area contributed by atoms with E-state index in [1.54, 1.807) is 26.4 Å². The van der Waals surface area contributed by atoms with Gasteiger partial charge in [-0.3, -0.25) is 4.79 Å². The fourth-order valence-electron chi connectivity index (χ4n) is 11.8. The van der Waals surface area contributed by atoms with Crippen LogP contribution in [0.25, 0.3) is 0 Å². The Morgan fingerprint density at radius 3 is 2.31 bits per heavy atom. The van der Waals surface area contributed by atoms with Gasteiger partial charge in [0.1, 0.15) is 24.4 Å². The minimum absolute atomic E-state index is 0.0103. The molecular formula is C52H81ClO17. The third-order valence-corrected chi connectivity index (χ3v) is 16.6. The quantitative estimate of drug-likeness (QED) is 0.0947. The zero-order valence-electron chi connectivity index (χ0n) is 41.6. The molecule has 7 aliphatic heterocycles. The number of allylic oxidation sites excluding steroid dienone is 2. The Balaban J connectivity index is 1.13. The first kappa shape index (κ1) is 55.7. The molecule has 6 saturated heterocycles. The van der Waals surface area contributed by atoms with Gasteiger partial charge in [-0.15, -0.1) is 11.6 Å². The van der Waals surface area contributed by atoms with Crippen LogP contribution in [0, 0.1) is 17.8 Å². The van der Waals surface area contributed by atoms with Gasteiger partial charge in [-0.05, 0) is 82.6 Å². The minimum Gasteiger partial charge on any atom is -0.479 e. The van der Waals surface area contributed by atoms with Gasteiger partial charge >= 0.3 is 11.9 Å². The van der Waals surface area contributed by atoms with E-state index in [0.717, 1.165) is 6.42 Å². The number of esters is 1. The molecule has 0 amide bonds. The molecule has 398 valence electrons. The Morgan fingerprint density at radius 1 is 0.814 bits per heavy atom. The summed E-state index contributed by atoms with van der Waals surface area (Å²) in [7, 11) is 3.17. The first-order valence-electron chi connectivity index (χ1n) is 25.9. The number of ether oxygens (including phenoxy) is 9. The Hall–Kier alpha value is -2.07. The Labute approximate surface area is 418 Å². The van der Waals surface area contributed by atoms with Gasteiger partial charge in [0.05, 0.1) is 66.7 Å². The van der Waals surface area contributed by atoms with Crippen molar-refractivity contribution in [2.45, 2.75) is 245 Å². The van der Waals surface area contributed by atoms with Crippen molar-refractivity contribution in [3.05, 3.63) is 36.5 Å². The number of carboxylic acids is 1.